The molecule has 3 rings (SSSR count). The fraction of sp³-hybridized carbons (Fsp3) is 0.579. The smallest absolute Gasteiger partial charge is 0.133 e. The maximum atomic E-state index is 4.00. The summed E-state index contributed by atoms with van der Waals surface area (Å²) in [6.45, 7) is 14.3. The molecule has 25 heavy (non-hydrogen) atoms. The van der Waals surface area contributed by atoms with E-state index in [-0.39, 0.29) is 56.6 Å². The minimum Gasteiger partial charge on any atom is -0.375 e. The Bertz CT molecular complexity index is 593. The number of hydrogen-bond donors (Lipinski definition) is 1. The van der Waals surface area contributed by atoms with Gasteiger partial charge in [0.05, 0.1) is 0 Å². The summed E-state index contributed by atoms with van der Waals surface area (Å²) >= 11 is 0. The molecule has 1 aromatic rings. The molecule has 1 N–H and O–H groups in total. The van der Waals surface area contributed by atoms with Crippen molar-refractivity contribution in [2.45, 2.75) is 57.8 Å². The van der Waals surface area contributed by atoms with E-state index >= 15 is 0 Å². The third-order valence-electron chi connectivity index (χ3n) is 4.80. The van der Waals surface area contributed by atoms with Crippen LogP contribution in [-0.2, 0) is 26.2 Å². The van der Waals surface area contributed by atoms with Crippen molar-refractivity contribution in [2.75, 3.05) is 13.1 Å². The zero-order valence-corrected chi connectivity index (χ0v) is 21.1. The van der Waals surface area contributed by atoms with Crippen LogP contribution in [0.4, 0.5) is 0 Å². The molecule has 1 aromatic carbocycles. The van der Waals surface area contributed by atoms with E-state index in [0.29, 0.717) is 5.54 Å². The summed E-state index contributed by atoms with van der Waals surface area (Å²) in [6, 6.07) is 9.00. The first-order valence-electron chi connectivity index (χ1n) is 8.63. The van der Waals surface area contributed by atoms with Crippen molar-refractivity contribution in [2.24, 2.45) is 0 Å². The SMILES string of the molecule is CC(C)(C)N[Si](C)(C)C1C(N2CCCC2)=Cc2ccccc21.Cl.Cl.[Zr]. The fourth-order valence-electron chi connectivity index (χ4n) is 4.35. The maximum Gasteiger partial charge on any atom is 0.133 e. The van der Waals surface area contributed by atoms with E-state index in [1.165, 1.54) is 37.1 Å². The van der Waals surface area contributed by atoms with Gasteiger partial charge in [0.15, 0.2) is 0 Å². The molecule has 0 amide bonds. The molecule has 6 heteroatoms. The Balaban J connectivity index is 0.00000192. The Labute approximate surface area is 186 Å². The van der Waals surface area contributed by atoms with Crippen LogP contribution >= 0.6 is 24.8 Å². The number of fused-ring (bicyclic) bond motifs is 1. The molecule has 1 atom stereocenters. The molecule has 0 aromatic heterocycles. The molecule has 1 saturated heterocycles. The van der Waals surface area contributed by atoms with E-state index in [0.717, 1.165) is 0 Å². The van der Waals surface area contributed by atoms with E-state index in [1.54, 1.807) is 5.70 Å². The van der Waals surface area contributed by atoms with Gasteiger partial charge in [0.2, 0.25) is 0 Å². The second kappa shape index (κ2) is 9.55. The average molecular weight is 479 g/mol. The van der Waals surface area contributed by atoms with E-state index < -0.39 is 8.24 Å². The molecular formula is C19H32Cl2N2SiZr. The van der Waals surface area contributed by atoms with E-state index in [1.807, 2.05) is 0 Å². The minimum atomic E-state index is -1.65. The molecule has 2 aliphatic rings. The van der Waals surface area contributed by atoms with Crippen molar-refractivity contribution < 1.29 is 26.2 Å². The third kappa shape index (κ3) is 5.69. The summed E-state index contributed by atoms with van der Waals surface area (Å²) in [5, 5.41) is 0. The molecule has 140 valence electrons. The number of nitrogens with one attached hydrogen (secondary N) is 1. The van der Waals surface area contributed by atoms with Crippen LogP contribution in [-0.4, -0.2) is 31.8 Å². The number of rotatable bonds is 3. The van der Waals surface area contributed by atoms with Gasteiger partial charge in [-0.15, -0.1) is 24.8 Å². The van der Waals surface area contributed by atoms with Gasteiger partial charge in [-0.2, -0.15) is 0 Å². The van der Waals surface area contributed by atoms with E-state index in [2.05, 4.69) is 74.1 Å². The minimum absolute atomic E-state index is 0. The standard InChI is InChI=1S/C19H30N2Si.2ClH.Zr/c1-19(2,3)20-22(4,5)18-16-11-7-6-10-15(16)14-17(18)21-12-8-9-13-21;;;/h6-7,10-11,14,18,20H,8-9,12-13H2,1-5H3;2*1H;. The van der Waals surface area contributed by atoms with Crippen LogP contribution in [0.1, 0.15) is 50.3 Å². The topological polar surface area (TPSA) is 15.3 Å². The van der Waals surface area contributed by atoms with Gasteiger partial charge in [0.1, 0.15) is 8.24 Å². The number of likely N-dealkylation sites (tertiary alicyclic amines) is 1. The number of halogens is 2. The molecule has 0 bridgehead atoms. The van der Waals surface area contributed by atoms with Crippen LogP contribution in [0, 0.1) is 0 Å². The Morgan fingerprint density at radius 2 is 1.60 bits per heavy atom. The Kier molecular flexibility index (Phi) is 9.70. The first-order valence-corrected chi connectivity index (χ1v) is 11.7. The quantitative estimate of drug-likeness (QED) is 0.601. The van der Waals surface area contributed by atoms with E-state index in [4.69, 9.17) is 0 Å². The first-order chi connectivity index (χ1) is 10.3. The van der Waals surface area contributed by atoms with Gasteiger partial charge in [0.25, 0.3) is 0 Å². The summed E-state index contributed by atoms with van der Waals surface area (Å²) in [5.41, 5.74) is 5.29. The van der Waals surface area contributed by atoms with Crippen molar-refractivity contribution in [1.29, 1.82) is 0 Å². The molecule has 0 saturated carbocycles. The second-order valence-electron chi connectivity index (χ2n) is 8.42. The summed E-state index contributed by atoms with van der Waals surface area (Å²) in [4.78, 5) is 6.65. The average Bonchev–Trinajstić information content (AvgIpc) is 3.03. The van der Waals surface area contributed by atoms with Crippen LogP contribution < -0.4 is 4.98 Å². The summed E-state index contributed by atoms with van der Waals surface area (Å²) in [5.74, 6) is 0. The fourth-order valence-corrected chi connectivity index (χ4v) is 8.48. The zero-order chi connectivity index (χ0) is 16.0. The molecular weight excluding hydrogens is 446 g/mol. The molecule has 1 heterocycles. The van der Waals surface area contributed by atoms with Gasteiger partial charge in [-0.05, 0) is 50.8 Å². The van der Waals surface area contributed by atoms with Crippen LogP contribution in [0.2, 0.25) is 13.1 Å². The number of benzene rings is 1. The van der Waals surface area contributed by atoms with Gasteiger partial charge in [-0.3, -0.25) is 0 Å². The summed E-state index contributed by atoms with van der Waals surface area (Å²) < 4.78 is 0. The van der Waals surface area contributed by atoms with Gasteiger partial charge in [0, 0.05) is 56.1 Å². The first kappa shape index (κ1) is 25.4. The Morgan fingerprint density at radius 1 is 1.04 bits per heavy atom. The monoisotopic (exact) mass is 476 g/mol. The van der Waals surface area contributed by atoms with Gasteiger partial charge >= 0.3 is 0 Å². The molecule has 0 spiro atoms. The van der Waals surface area contributed by atoms with Crippen molar-refractivity contribution in [1.82, 2.24) is 9.88 Å². The molecule has 1 aliphatic heterocycles. The summed E-state index contributed by atoms with van der Waals surface area (Å²) in [6.07, 6.45) is 5.15. The molecule has 0 radical (unpaired) electrons. The molecule has 2 nitrogen and oxygen atoms in total. The molecule has 1 aliphatic carbocycles. The van der Waals surface area contributed by atoms with Crippen molar-refractivity contribution in [3.8, 4) is 0 Å². The number of nitrogens with zero attached hydrogens (tertiary/aromatic N) is 1. The zero-order valence-electron chi connectivity index (χ0n) is 16.1. The second-order valence-corrected chi connectivity index (χ2v) is 12.7. The largest absolute Gasteiger partial charge is 0.375 e. The molecule has 1 unspecified atom stereocenters. The van der Waals surface area contributed by atoms with Gasteiger partial charge in [-0.25, -0.2) is 0 Å². The van der Waals surface area contributed by atoms with Crippen molar-refractivity contribution in [3.05, 3.63) is 41.1 Å². The Hall–Kier alpha value is 0.400. The van der Waals surface area contributed by atoms with Crippen LogP contribution in [0.5, 0.6) is 0 Å². The van der Waals surface area contributed by atoms with Crippen molar-refractivity contribution >= 4 is 39.1 Å². The maximum absolute atomic E-state index is 4.00. The summed E-state index contributed by atoms with van der Waals surface area (Å²) in [7, 11) is -1.65. The van der Waals surface area contributed by atoms with E-state index in [9.17, 15) is 0 Å². The van der Waals surface area contributed by atoms with Crippen molar-refractivity contribution in [3.63, 3.8) is 0 Å². The van der Waals surface area contributed by atoms with Crippen LogP contribution in [0.25, 0.3) is 6.08 Å². The normalized spacial score (nSPS) is 19.3. The third-order valence-corrected chi connectivity index (χ3v) is 8.24. The van der Waals surface area contributed by atoms with Crippen LogP contribution in [0.3, 0.4) is 0 Å². The van der Waals surface area contributed by atoms with Gasteiger partial charge < -0.3 is 9.88 Å². The number of hydrogen-bond acceptors (Lipinski definition) is 2. The van der Waals surface area contributed by atoms with Gasteiger partial charge in [-0.1, -0.05) is 37.4 Å². The number of allylic oxidation sites excluding steroid dienone is 1. The van der Waals surface area contributed by atoms with Crippen LogP contribution in [0.15, 0.2) is 30.0 Å². The predicted molar refractivity (Wildman–Crippen MR) is 113 cm³/mol. The Morgan fingerprint density at radius 3 is 2.16 bits per heavy atom. The molecule has 1 fully saturated rings. The predicted octanol–water partition coefficient (Wildman–Crippen LogP) is 5.19.